The van der Waals surface area contributed by atoms with Gasteiger partial charge in [0.25, 0.3) is 5.91 Å². The molecular weight excluding hydrogens is 489 g/mol. The average molecular weight is 515 g/mol. The lowest BCUT2D eigenvalue weighted by Crippen LogP contribution is -2.31. The smallest absolute Gasteiger partial charge is 0.344 e. The predicted octanol–water partition coefficient (Wildman–Crippen LogP) is 7.09. The summed E-state index contributed by atoms with van der Waals surface area (Å²) in [6, 6.07) is 25.1. The van der Waals surface area contributed by atoms with Crippen LogP contribution in [-0.4, -0.2) is 15.7 Å². The fourth-order valence-corrected chi connectivity index (χ4v) is 4.64. The van der Waals surface area contributed by atoms with Crippen molar-refractivity contribution in [1.82, 2.24) is 15.1 Å². The molecule has 4 aromatic rings. The van der Waals surface area contributed by atoms with Gasteiger partial charge in [-0.25, -0.2) is 4.68 Å². The summed E-state index contributed by atoms with van der Waals surface area (Å²) in [5.74, 6) is -0.0482. The molecule has 5 nitrogen and oxygen atoms in total. The second-order valence-corrected chi connectivity index (χ2v) is 9.47. The highest BCUT2D eigenvalue weighted by Crippen LogP contribution is 2.40. The summed E-state index contributed by atoms with van der Waals surface area (Å²) < 4.78 is 44.0. The first-order chi connectivity index (χ1) is 18.3. The molecule has 1 amide bonds. The number of nitrogens with one attached hydrogen (secondary N) is 1. The van der Waals surface area contributed by atoms with Crippen LogP contribution < -0.4 is 5.32 Å². The summed E-state index contributed by atoms with van der Waals surface area (Å²) in [5.41, 5.74) is -0.150. The monoisotopic (exact) mass is 514 g/mol. The fourth-order valence-electron chi connectivity index (χ4n) is 4.64. The van der Waals surface area contributed by atoms with Crippen LogP contribution in [0.15, 0.2) is 84.9 Å². The molecule has 0 spiro atoms. The predicted molar refractivity (Wildman–Crippen MR) is 137 cm³/mol. The van der Waals surface area contributed by atoms with Crippen LogP contribution in [0.25, 0.3) is 16.8 Å². The van der Waals surface area contributed by atoms with Gasteiger partial charge in [0.1, 0.15) is 5.69 Å². The molecule has 192 valence electrons. The van der Waals surface area contributed by atoms with Crippen molar-refractivity contribution >= 4 is 5.91 Å². The van der Waals surface area contributed by atoms with E-state index in [9.17, 15) is 23.2 Å². The minimum Gasteiger partial charge on any atom is -0.344 e. The number of nitriles is 1. The van der Waals surface area contributed by atoms with Gasteiger partial charge in [-0.05, 0) is 48.1 Å². The number of rotatable bonds is 8. The highest BCUT2D eigenvalue weighted by Gasteiger charge is 2.41. The topological polar surface area (TPSA) is 70.7 Å². The zero-order valence-corrected chi connectivity index (χ0v) is 20.4. The largest absolute Gasteiger partial charge is 0.435 e. The SMILES string of the molecule is N#Cc1cccc(-n2nc(C(F)(F)F)c(-c3ccccc3)c2C(=O)NC(CCC2CC2)c2ccccc2)c1. The maximum Gasteiger partial charge on any atom is 0.435 e. The number of hydrogen-bond acceptors (Lipinski definition) is 3. The minimum absolute atomic E-state index is 0.191. The molecule has 0 saturated heterocycles. The summed E-state index contributed by atoms with van der Waals surface area (Å²) in [5, 5.41) is 16.3. The van der Waals surface area contributed by atoms with Gasteiger partial charge in [-0.2, -0.15) is 23.5 Å². The Hall–Kier alpha value is -4.38. The number of benzene rings is 3. The van der Waals surface area contributed by atoms with E-state index in [1.165, 1.54) is 24.3 Å². The quantitative estimate of drug-likeness (QED) is 0.273. The summed E-state index contributed by atoms with van der Waals surface area (Å²) in [7, 11) is 0. The minimum atomic E-state index is -4.82. The van der Waals surface area contributed by atoms with Gasteiger partial charge in [-0.1, -0.05) is 79.6 Å². The average Bonchev–Trinajstić information content (AvgIpc) is 3.67. The third-order valence-electron chi connectivity index (χ3n) is 6.72. The number of carbonyl (C=O) groups excluding carboxylic acids is 1. The molecule has 1 aromatic heterocycles. The van der Waals surface area contributed by atoms with Crippen LogP contribution in [0.4, 0.5) is 13.2 Å². The van der Waals surface area contributed by atoms with Gasteiger partial charge < -0.3 is 5.32 Å². The first-order valence-corrected chi connectivity index (χ1v) is 12.5. The van der Waals surface area contributed by atoms with E-state index in [0.717, 1.165) is 29.5 Å². The second kappa shape index (κ2) is 10.5. The van der Waals surface area contributed by atoms with Crippen LogP contribution in [0.1, 0.15) is 59.0 Å². The molecule has 0 bridgehead atoms. The van der Waals surface area contributed by atoms with E-state index in [0.29, 0.717) is 12.3 Å². The number of aromatic nitrogens is 2. The van der Waals surface area contributed by atoms with E-state index in [1.807, 2.05) is 36.4 Å². The number of halogens is 3. The first kappa shape index (κ1) is 25.3. The van der Waals surface area contributed by atoms with Gasteiger partial charge in [0.05, 0.1) is 23.4 Å². The third-order valence-corrected chi connectivity index (χ3v) is 6.72. The normalized spacial score (nSPS) is 14.1. The van der Waals surface area contributed by atoms with Crippen molar-refractivity contribution in [2.45, 2.75) is 37.9 Å². The first-order valence-electron chi connectivity index (χ1n) is 12.5. The Labute approximate surface area is 218 Å². The number of amides is 1. The van der Waals surface area contributed by atoms with Crippen LogP contribution >= 0.6 is 0 Å². The molecular formula is C30H25F3N4O. The Bertz CT molecular complexity index is 1470. The lowest BCUT2D eigenvalue weighted by Gasteiger charge is -2.20. The molecule has 1 unspecified atom stereocenters. The highest BCUT2D eigenvalue weighted by molar-refractivity contribution is 6.01. The molecule has 1 aliphatic rings. The molecule has 38 heavy (non-hydrogen) atoms. The summed E-state index contributed by atoms with van der Waals surface area (Å²) >= 11 is 0. The zero-order valence-electron chi connectivity index (χ0n) is 20.4. The van der Waals surface area contributed by atoms with Gasteiger partial charge in [-0.3, -0.25) is 4.79 Å². The van der Waals surface area contributed by atoms with E-state index in [2.05, 4.69) is 10.4 Å². The summed E-state index contributed by atoms with van der Waals surface area (Å²) in [6.45, 7) is 0. The molecule has 3 aromatic carbocycles. The Morgan fingerprint density at radius 2 is 1.71 bits per heavy atom. The van der Waals surface area contributed by atoms with Crippen molar-refractivity contribution in [1.29, 1.82) is 5.26 Å². The molecule has 8 heteroatoms. The van der Waals surface area contributed by atoms with E-state index in [-0.39, 0.29) is 34.1 Å². The molecule has 1 aliphatic carbocycles. The van der Waals surface area contributed by atoms with E-state index in [4.69, 9.17) is 0 Å². The van der Waals surface area contributed by atoms with Crippen molar-refractivity contribution in [3.8, 4) is 22.9 Å². The summed E-state index contributed by atoms with van der Waals surface area (Å²) in [6.07, 6.45) is -0.911. The number of alkyl halides is 3. The number of nitrogens with zero attached hydrogens (tertiary/aromatic N) is 3. The van der Waals surface area contributed by atoms with Crippen LogP contribution in [0.3, 0.4) is 0 Å². The van der Waals surface area contributed by atoms with Crippen LogP contribution in [0.2, 0.25) is 0 Å². The Morgan fingerprint density at radius 1 is 1.03 bits per heavy atom. The molecule has 1 atom stereocenters. The number of hydrogen-bond donors (Lipinski definition) is 1. The highest BCUT2D eigenvalue weighted by atomic mass is 19.4. The van der Waals surface area contributed by atoms with E-state index >= 15 is 0 Å². The Kier molecular flexibility index (Phi) is 7.01. The maximum atomic E-state index is 14.3. The standard InChI is InChI=1S/C30H25F3N4O/c31-30(32,33)28-26(23-11-5-2-6-12-23)27(37(36-28)24-13-7-8-21(18-24)19-34)29(38)35-25(17-16-20-14-15-20)22-9-3-1-4-10-22/h1-13,18,20,25H,14-17H2,(H,35,38). The lowest BCUT2D eigenvalue weighted by atomic mass is 9.98. The van der Waals surface area contributed by atoms with Crippen molar-refractivity contribution in [2.24, 2.45) is 5.92 Å². The van der Waals surface area contributed by atoms with Crippen LogP contribution in [-0.2, 0) is 6.18 Å². The van der Waals surface area contributed by atoms with Crippen molar-refractivity contribution in [3.05, 3.63) is 107 Å². The lowest BCUT2D eigenvalue weighted by molar-refractivity contribution is -0.140. The molecule has 1 N–H and O–H groups in total. The second-order valence-electron chi connectivity index (χ2n) is 9.47. The third kappa shape index (κ3) is 5.47. The van der Waals surface area contributed by atoms with Gasteiger partial charge in [0.15, 0.2) is 5.69 Å². The number of carbonyl (C=O) groups is 1. The fraction of sp³-hybridized carbons (Fsp3) is 0.233. The van der Waals surface area contributed by atoms with E-state index in [1.54, 1.807) is 30.3 Å². The molecule has 1 saturated carbocycles. The van der Waals surface area contributed by atoms with Crippen molar-refractivity contribution < 1.29 is 18.0 Å². The zero-order chi connectivity index (χ0) is 26.7. The van der Waals surface area contributed by atoms with E-state index < -0.39 is 17.8 Å². The van der Waals surface area contributed by atoms with Gasteiger partial charge in [0.2, 0.25) is 0 Å². The molecule has 1 fully saturated rings. The summed E-state index contributed by atoms with van der Waals surface area (Å²) in [4.78, 5) is 14.0. The maximum absolute atomic E-state index is 14.3. The van der Waals surface area contributed by atoms with Crippen LogP contribution in [0.5, 0.6) is 0 Å². The van der Waals surface area contributed by atoms with Gasteiger partial charge in [0, 0.05) is 5.56 Å². The van der Waals surface area contributed by atoms with Crippen molar-refractivity contribution in [3.63, 3.8) is 0 Å². The molecule has 1 heterocycles. The molecule has 0 radical (unpaired) electrons. The van der Waals surface area contributed by atoms with Crippen molar-refractivity contribution in [2.75, 3.05) is 0 Å². The van der Waals surface area contributed by atoms with Crippen LogP contribution in [0, 0.1) is 17.2 Å². The van der Waals surface area contributed by atoms with Gasteiger partial charge >= 0.3 is 6.18 Å². The Morgan fingerprint density at radius 3 is 2.34 bits per heavy atom. The van der Waals surface area contributed by atoms with Gasteiger partial charge in [-0.15, -0.1) is 0 Å². The Balaban J connectivity index is 1.66. The molecule has 0 aliphatic heterocycles. The molecule has 5 rings (SSSR count).